The molecule has 0 atom stereocenters. The summed E-state index contributed by atoms with van der Waals surface area (Å²) >= 11 is 0.263. The maximum absolute atomic E-state index is 6.36. The fraction of sp³-hybridized carbons (Fsp3) is 0. The monoisotopic (exact) mass is 706 g/mol. The van der Waals surface area contributed by atoms with Crippen molar-refractivity contribution in [2.75, 3.05) is 9.80 Å². The van der Waals surface area contributed by atoms with Crippen LogP contribution in [0.2, 0.25) is 0 Å². The van der Waals surface area contributed by atoms with Gasteiger partial charge in [0.05, 0.1) is 0 Å². The molecule has 2 heterocycles. The van der Waals surface area contributed by atoms with Gasteiger partial charge < -0.3 is 4.42 Å². The Morgan fingerprint density at radius 2 is 0.900 bits per heavy atom. The van der Waals surface area contributed by atoms with E-state index in [9.17, 15) is 0 Å². The molecule has 10 rings (SSSR count). The molecule has 0 unspecified atom stereocenters. The van der Waals surface area contributed by atoms with Crippen molar-refractivity contribution in [1.29, 1.82) is 0 Å². The van der Waals surface area contributed by atoms with Gasteiger partial charge in [-0.2, -0.15) is 0 Å². The standard InChI is InChI=1S/C46H30N2OSe/c1-3-14-31(15-4-1)47(35-26-27-38-37-21-9-11-24-43(37)49-44(38)29-35)33-18-13-19-34(28-33)48(32-16-5-2-6-17-32)42-30-41-39-22-10-12-25-45(39)50-46(41)40-23-8-7-20-36(40)42/h1-30H. The summed E-state index contributed by atoms with van der Waals surface area (Å²) in [4.78, 5) is 4.74. The van der Waals surface area contributed by atoms with E-state index in [1.54, 1.807) is 0 Å². The first kappa shape index (κ1) is 28.9. The van der Waals surface area contributed by atoms with Crippen LogP contribution < -0.4 is 9.80 Å². The second kappa shape index (κ2) is 11.8. The molecule has 8 aromatic carbocycles. The second-order valence-electron chi connectivity index (χ2n) is 12.6. The van der Waals surface area contributed by atoms with Gasteiger partial charge in [-0.15, -0.1) is 0 Å². The molecule has 0 fully saturated rings. The fourth-order valence-electron chi connectivity index (χ4n) is 7.37. The molecule has 2 aromatic heterocycles. The molecule has 0 aliphatic carbocycles. The zero-order valence-corrected chi connectivity index (χ0v) is 28.7. The van der Waals surface area contributed by atoms with E-state index < -0.39 is 0 Å². The van der Waals surface area contributed by atoms with Gasteiger partial charge in [0.15, 0.2) is 0 Å². The zero-order chi connectivity index (χ0) is 33.0. The fourth-order valence-corrected chi connectivity index (χ4v) is 9.93. The summed E-state index contributed by atoms with van der Waals surface area (Å²) in [7, 11) is 0. The summed E-state index contributed by atoms with van der Waals surface area (Å²) in [6.45, 7) is 0. The Balaban J connectivity index is 1.20. The van der Waals surface area contributed by atoms with Gasteiger partial charge in [-0.1, -0.05) is 24.3 Å². The van der Waals surface area contributed by atoms with Crippen LogP contribution in [-0.4, -0.2) is 14.5 Å². The van der Waals surface area contributed by atoms with Crippen LogP contribution in [-0.2, 0) is 0 Å². The maximum atomic E-state index is 6.36. The van der Waals surface area contributed by atoms with E-state index in [4.69, 9.17) is 4.42 Å². The predicted molar refractivity (Wildman–Crippen MR) is 213 cm³/mol. The number of para-hydroxylation sites is 3. The molecular formula is C46H30N2OSe. The SMILES string of the molecule is c1ccc(N(c2cccc(N(c3ccccc3)c3cc4c5ccccc5[se]c4c4ccccc34)c2)c2ccc3c(c2)oc2ccccc23)cc1. The summed E-state index contributed by atoms with van der Waals surface area (Å²) in [6.07, 6.45) is 0. The Hall–Kier alpha value is -6.06. The van der Waals surface area contributed by atoms with E-state index in [0.717, 1.165) is 50.4 Å². The number of hydrogen-bond donors (Lipinski definition) is 0. The van der Waals surface area contributed by atoms with Crippen molar-refractivity contribution in [3.8, 4) is 0 Å². The van der Waals surface area contributed by atoms with Crippen molar-refractivity contribution in [2.24, 2.45) is 0 Å². The Morgan fingerprint density at radius 1 is 0.340 bits per heavy atom. The Labute approximate surface area is 295 Å². The van der Waals surface area contributed by atoms with Crippen LogP contribution in [0.5, 0.6) is 0 Å². The normalized spacial score (nSPS) is 11.6. The van der Waals surface area contributed by atoms with E-state index in [0.29, 0.717) is 0 Å². The van der Waals surface area contributed by atoms with Crippen LogP contribution >= 0.6 is 0 Å². The van der Waals surface area contributed by atoms with Gasteiger partial charge in [-0.25, -0.2) is 0 Å². The molecule has 50 heavy (non-hydrogen) atoms. The third-order valence-electron chi connectivity index (χ3n) is 9.60. The van der Waals surface area contributed by atoms with Crippen molar-refractivity contribution in [2.45, 2.75) is 0 Å². The topological polar surface area (TPSA) is 19.6 Å². The summed E-state index contributed by atoms with van der Waals surface area (Å²) in [6, 6.07) is 65.3. The van der Waals surface area contributed by atoms with Crippen molar-refractivity contribution in [3.05, 3.63) is 182 Å². The Kier molecular flexibility index (Phi) is 6.83. The third-order valence-corrected chi connectivity index (χ3v) is 12.2. The van der Waals surface area contributed by atoms with Gasteiger partial charge in [0.1, 0.15) is 5.58 Å². The van der Waals surface area contributed by atoms with E-state index in [1.807, 2.05) is 12.1 Å². The molecule has 3 nitrogen and oxygen atoms in total. The first-order chi connectivity index (χ1) is 24.8. The number of nitrogens with zero attached hydrogens (tertiary/aromatic N) is 2. The molecule has 236 valence electrons. The molecule has 0 N–H and O–H groups in total. The van der Waals surface area contributed by atoms with Gasteiger partial charge in [0.2, 0.25) is 0 Å². The van der Waals surface area contributed by atoms with E-state index in [-0.39, 0.29) is 14.5 Å². The molecule has 0 radical (unpaired) electrons. The third kappa shape index (κ3) is 4.73. The van der Waals surface area contributed by atoms with Crippen LogP contribution in [0.15, 0.2) is 186 Å². The number of fused-ring (bicyclic) bond motifs is 8. The number of hydrogen-bond acceptors (Lipinski definition) is 3. The molecule has 0 saturated carbocycles. The zero-order valence-electron chi connectivity index (χ0n) is 27.0. The van der Waals surface area contributed by atoms with Crippen LogP contribution in [0.3, 0.4) is 0 Å². The number of benzene rings is 8. The first-order valence-electron chi connectivity index (χ1n) is 16.8. The minimum atomic E-state index is 0.263. The van der Waals surface area contributed by atoms with Crippen molar-refractivity contribution < 1.29 is 4.42 Å². The van der Waals surface area contributed by atoms with Crippen LogP contribution in [0.4, 0.5) is 34.1 Å². The molecule has 0 aliphatic rings. The van der Waals surface area contributed by atoms with Crippen LogP contribution in [0.1, 0.15) is 0 Å². The summed E-state index contributed by atoms with van der Waals surface area (Å²) in [5, 5.41) is 7.53. The number of furan rings is 1. The van der Waals surface area contributed by atoms with Crippen molar-refractivity contribution in [3.63, 3.8) is 0 Å². The molecule has 0 spiro atoms. The Bertz CT molecular complexity index is 2840. The van der Waals surface area contributed by atoms with Gasteiger partial charge >= 0.3 is 246 Å². The van der Waals surface area contributed by atoms with E-state index in [1.165, 1.54) is 35.8 Å². The Morgan fingerprint density at radius 3 is 1.68 bits per heavy atom. The quantitative estimate of drug-likeness (QED) is 0.161. The van der Waals surface area contributed by atoms with Gasteiger partial charge in [0, 0.05) is 10.8 Å². The molecule has 10 aromatic rings. The number of rotatable bonds is 6. The molecule has 0 bridgehead atoms. The van der Waals surface area contributed by atoms with Gasteiger partial charge in [-0.3, -0.25) is 0 Å². The summed E-state index contributed by atoms with van der Waals surface area (Å²) in [5.41, 5.74) is 8.31. The molecule has 4 heteroatoms. The van der Waals surface area contributed by atoms with Gasteiger partial charge in [0.25, 0.3) is 0 Å². The predicted octanol–water partition coefficient (Wildman–Crippen LogP) is 13.0. The van der Waals surface area contributed by atoms with Crippen LogP contribution in [0, 0.1) is 0 Å². The molecule has 0 aliphatic heterocycles. The second-order valence-corrected chi connectivity index (χ2v) is 14.8. The van der Waals surface area contributed by atoms with Crippen molar-refractivity contribution in [1.82, 2.24) is 0 Å². The van der Waals surface area contributed by atoms with E-state index in [2.05, 4.69) is 180 Å². The minimum absolute atomic E-state index is 0.263. The number of anilines is 6. The molecule has 0 amide bonds. The average molecular weight is 706 g/mol. The molecular weight excluding hydrogens is 675 g/mol. The summed E-state index contributed by atoms with van der Waals surface area (Å²) in [5.74, 6) is 0. The first-order valence-corrected chi connectivity index (χ1v) is 18.6. The van der Waals surface area contributed by atoms with E-state index >= 15 is 0 Å². The van der Waals surface area contributed by atoms with Gasteiger partial charge in [-0.05, 0) is 6.07 Å². The van der Waals surface area contributed by atoms with Crippen molar-refractivity contribution >= 4 is 101 Å². The molecule has 0 saturated heterocycles. The summed E-state index contributed by atoms with van der Waals surface area (Å²) < 4.78 is 9.28. The average Bonchev–Trinajstić information content (AvgIpc) is 3.74. The van der Waals surface area contributed by atoms with Crippen LogP contribution in [0.25, 0.3) is 52.0 Å².